The summed E-state index contributed by atoms with van der Waals surface area (Å²) < 4.78 is 31.3. The number of nitrogens with zero attached hydrogens (tertiary/aromatic N) is 2. The van der Waals surface area contributed by atoms with Crippen molar-refractivity contribution >= 4 is 21.7 Å². The Hall–Kier alpha value is -2.70. The van der Waals surface area contributed by atoms with Crippen molar-refractivity contribution in [3.05, 3.63) is 46.0 Å². The van der Waals surface area contributed by atoms with E-state index in [9.17, 15) is 23.3 Å². The van der Waals surface area contributed by atoms with Crippen molar-refractivity contribution in [3.63, 3.8) is 0 Å². The SMILES string of the molecule is C#CCN(CC1=CC1C(=O)OCC)S(=O)(=O)c1ccc([N+](=O)[O-])cc1. The van der Waals surface area contributed by atoms with E-state index in [4.69, 9.17) is 11.2 Å². The molecule has 0 bridgehead atoms. The molecule has 25 heavy (non-hydrogen) atoms. The molecule has 2 rings (SSSR count). The largest absolute Gasteiger partial charge is 0.465 e. The summed E-state index contributed by atoms with van der Waals surface area (Å²) in [7, 11) is -3.95. The van der Waals surface area contributed by atoms with Crippen LogP contribution >= 0.6 is 0 Å². The lowest BCUT2D eigenvalue weighted by molar-refractivity contribution is -0.384. The molecular formula is C16H16N2O6S. The Bertz CT molecular complexity index is 852. The van der Waals surface area contributed by atoms with Crippen LogP contribution in [0.3, 0.4) is 0 Å². The number of hydrogen-bond donors (Lipinski definition) is 0. The highest BCUT2D eigenvalue weighted by Gasteiger charge is 2.37. The second-order valence-electron chi connectivity index (χ2n) is 5.20. The van der Waals surface area contributed by atoms with Gasteiger partial charge in [0.15, 0.2) is 0 Å². The van der Waals surface area contributed by atoms with Gasteiger partial charge in [-0.2, -0.15) is 4.31 Å². The molecule has 1 aliphatic rings. The maximum atomic E-state index is 12.7. The molecule has 0 heterocycles. The second-order valence-corrected chi connectivity index (χ2v) is 7.14. The molecule has 0 fully saturated rings. The maximum absolute atomic E-state index is 12.7. The molecule has 0 radical (unpaired) electrons. The van der Waals surface area contributed by atoms with E-state index in [0.717, 1.165) is 28.6 Å². The zero-order valence-corrected chi connectivity index (χ0v) is 14.2. The molecule has 1 aromatic carbocycles. The fourth-order valence-electron chi connectivity index (χ4n) is 2.19. The molecule has 0 saturated heterocycles. The Labute approximate surface area is 145 Å². The minimum Gasteiger partial charge on any atom is -0.465 e. The Morgan fingerprint density at radius 3 is 2.56 bits per heavy atom. The summed E-state index contributed by atoms with van der Waals surface area (Å²) in [6, 6.07) is 4.53. The number of esters is 1. The van der Waals surface area contributed by atoms with E-state index in [1.807, 2.05) is 0 Å². The zero-order valence-electron chi connectivity index (χ0n) is 13.4. The lowest BCUT2D eigenvalue weighted by Crippen LogP contribution is -2.33. The number of carbonyl (C=O) groups excluding carboxylic acids is 1. The van der Waals surface area contributed by atoms with Crippen LogP contribution in [-0.2, 0) is 19.6 Å². The summed E-state index contributed by atoms with van der Waals surface area (Å²) in [5, 5.41) is 10.7. The van der Waals surface area contributed by atoms with Crippen LogP contribution < -0.4 is 0 Å². The number of hydrogen-bond acceptors (Lipinski definition) is 6. The number of nitro benzene ring substituents is 1. The van der Waals surface area contributed by atoms with E-state index in [-0.39, 0.29) is 30.3 Å². The first-order valence-electron chi connectivity index (χ1n) is 7.36. The average Bonchev–Trinajstić information content (AvgIpc) is 3.34. The maximum Gasteiger partial charge on any atom is 0.317 e. The van der Waals surface area contributed by atoms with Crippen LogP contribution in [0.25, 0.3) is 0 Å². The van der Waals surface area contributed by atoms with Gasteiger partial charge in [0.05, 0.1) is 28.9 Å². The fraction of sp³-hybridized carbons (Fsp3) is 0.312. The molecule has 132 valence electrons. The molecular weight excluding hydrogens is 348 g/mol. The number of terminal acetylenes is 1. The Morgan fingerprint density at radius 1 is 1.40 bits per heavy atom. The van der Waals surface area contributed by atoms with E-state index < -0.39 is 26.8 Å². The summed E-state index contributed by atoms with van der Waals surface area (Å²) in [4.78, 5) is 21.6. The van der Waals surface area contributed by atoms with Crippen LogP contribution in [0, 0.1) is 28.4 Å². The number of benzene rings is 1. The molecule has 0 saturated carbocycles. The van der Waals surface area contributed by atoms with Crippen molar-refractivity contribution in [1.29, 1.82) is 0 Å². The summed E-state index contributed by atoms with van der Waals surface area (Å²) in [5.74, 6) is 1.32. The van der Waals surface area contributed by atoms with Gasteiger partial charge in [0.2, 0.25) is 10.0 Å². The van der Waals surface area contributed by atoms with Gasteiger partial charge in [0.25, 0.3) is 5.69 Å². The number of rotatable bonds is 8. The smallest absolute Gasteiger partial charge is 0.317 e. The highest BCUT2D eigenvalue weighted by atomic mass is 32.2. The number of sulfonamides is 1. The monoisotopic (exact) mass is 364 g/mol. The van der Waals surface area contributed by atoms with Crippen molar-refractivity contribution in [2.45, 2.75) is 11.8 Å². The van der Waals surface area contributed by atoms with Crippen LogP contribution in [0.2, 0.25) is 0 Å². The van der Waals surface area contributed by atoms with Gasteiger partial charge < -0.3 is 4.74 Å². The van der Waals surface area contributed by atoms with Crippen molar-refractivity contribution in [1.82, 2.24) is 4.31 Å². The molecule has 9 heteroatoms. The summed E-state index contributed by atoms with van der Waals surface area (Å²) in [6.07, 6.45) is 6.87. The molecule has 0 aromatic heterocycles. The summed E-state index contributed by atoms with van der Waals surface area (Å²) in [5.41, 5.74) is 0.397. The highest BCUT2D eigenvalue weighted by Crippen LogP contribution is 2.32. The topological polar surface area (TPSA) is 107 Å². The molecule has 1 unspecified atom stereocenters. The van der Waals surface area contributed by atoms with E-state index >= 15 is 0 Å². The molecule has 0 spiro atoms. The van der Waals surface area contributed by atoms with Crippen molar-refractivity contribution < 1.29 is 22.9 Å². The van der Waals surface area contributed by atoms with Crippen LogP contribution in [0.15, 0.2) is 40.8 Å². The number of non-ortho nitro benzene ring substituents is 1. The Kier molecular flexibility index (Phi) is 5.56. The molecule has 0 amide bonds. The van der Waals surface area contributed by atoms with Crippen LogP contribution in [-0.4, -0.2) is 43.3 Å². The fourth-order valence-corrected chi connectivity index (χ4v) is 3.53. The third kappa shape index (κ3) is 4.23. The van der Waals surface area contributed by atoms with Crippen LogP contribution in [0.4, 0.5) is 5.69 Å². The Balaban J connectivity index is 2.16. The minimum atomic E-state index is -3.95. The third-order valence-corrected chi connectivity index (χ3v) is 5.33. The summed E-state index contributed by atoms with van der Waals surface area (Å²) in [6.45, 7) is 1.70. The van der Waals surface area contributed by atoms with E-state index in [0.29, 0.717) is 5.57 Å². The van der Waals surface area contributed by atoms with Crippen LogP contribution in [0.1, 0.15) is 6.92 Å². The molecule has 8 nitrogen and oxygen atoms in total. The average molecular weight is 364 g/mol. The van der Waals surface area contributed by atoms with Gasteiger partial charge in [0, 0.05) is 18.7 Å². The lowest BCUT2D eigenvalue weighted by Gasteiger charge is -2.19. The van der Waals surface area contributed by atoms with E-state index in [1.54, 1.807) is 13.0 Å². The van der Waals surface area contributed by atoms with Gasteiger partial charge in [0.1, 0.15) is 0 Å². The normalized spacial score (nSPS) is 16.0. The van der Waals surface area contributed by atoms with Crippen molar-refractivity contribution in [2.24, 2.45) is 5.92 Å². The number of carbonyl (C=O) groups is 1. The second kappa shape index (κ2) is 7.46. The van der Waals surface area contributed by atoms with Crippen molar-refractivity contribution in [2.75, 3.05) is 19.7 Å². The first kappa shape index (κ1) is 18.6. The quantitative estimate of drug-likeness (QED) is 0.226. The molecule has 0 N–H and O–H groups in total. The summed E-state index contributed by atoms with van der Waals surface area (Å²) >= 11 is 0. The standard InChI is InChI=1S/C16H16N2O6S/c1-3-9-17(11-12-10-15(12)16(19)24-4-2)25(22,23)14-7-5-13(6-8-14)18(20)21/h1,5-8,10,15H,4,9,11H2,2H3. The molecule has 1 aromatic rings. The van der Waals surface area contributed by atoms with Gasteiger partial charge >= 0.3 is 5.97 Å². The zero-order chi connectivity index (χ0) is 18.6. The molecule has 0 aliphatic heterocycles. The van der Waals surface area contributed by atoms with E-state index in [2.05, 4.69) is 5.92 Å². The minimum absolute atomic E-state index is 0.0347. The van der Waals surface area contributed by atoms with E-state index in [1.165, 1.54) is 0 Å². The molecule has 1 atom stereocenters. The predicted molar refractivity (Wildman–Crippen MR) is 88.9 cm³/mol. The predicted octanol–water partition coefficient (Wildman–Crippen LogP) is 1.34. The third-order valence-electron chi connectivity index (χ3n) is 3.52. The van der Waals surface area contributed by atoms with Gasteiger partial charge in [-0.05, 0) is 24.6 Å². The number of nitro groups is 1. The first-order valence-corrected chi connectivity index (χ1v) is 8.80. The Morgan fingerprint density at radius 2 is 2.04 bits per heavy atom. The highest BCUT2D eigenvalue weighted by molar-refractivity contribution is 7.89. The van der Waals surface area contributed by atoms with Gasteiger partial charge in [-0.1, -0.05) is 12.0 Å². The van der Waals surface area contributed by atoms with Crippen LogP contribution in [0.5, 0.6) is 0 Å². The van der Waals surface area contributed by atoms with Crippen molar-refractivity contribution in [3.8, 4) is 12.3 Å². The van der Waals surface area contributed by atoms with Gasteiger partial charge in [-0.25, -0.2) is 8.42 Å². The number of ether oxygens (including phenoxy) is 1. The van der Waals surface area contributed by atoms with Gasteiger partial charge in [-0.3, -0.25) is 14.9 Å². The lowest BCUT2D eigenvalue weighted by atomic mass is 10.3. The van der Waals surface area contributed by atoms with Gasteiger partial charge in [-0.15, -0.1) is 6.42 Å². The molecule has 1 aliphatic carbocycles. The first-order chi connectivity index (χ1) is 11.8.